The van der Waals surface area contributed by atoms with Crippen LogP contribution in [0, 0.1) is 0 Å². The van der Waals surface area contributed by atoms with Crippen molar-refractivity contribution in [3.8, 4) is 0 Å². The van der Waals surface area contributed by atoms with Crippen molar-refractivity contribution in [2.75, 3.05) is 20.2 Å². The van der Waals surface area contributed by atoms with Crippen molar-refractivity contribution >= 4 is 12.0 Å². The summed E-state index contributed by atoms with van der Waals surface area (Å²) < 4.78 is 4.75. The molecule has 0 aliphatic carbocycles. The van der Waals surface area contributed by atoms with E-state index in [-0.39, 0.29) is 11.6 Å². The number of nitrogens with zero attached hydrogens (tertiary/aromatic N) is 1. The highest BCUT2D eigenvalue weighted by Gasteiger charge is 2.25. The van der Waals surface area contributed by atoms with Crippen molar-refractivity contribution in [2.45, 2.75) is 6.42 Å². The first-order valence-electron chi connectivity index (χ1n) is 4.02. The number of amides is 2. The summed E-state index contributed by atoms with van der Waals surface area (Å²) in [5, 5.41) is 2.39. The quantitative estimate of drug-likeness (QED) is 0.619. The number of hydrogen-bond donors (Lipinski definition) is 1. The van der Waals surface area contributed by atoms with Gasteiger partial charge in [-0.05, 0) is 6.42 Å². The van der Waals surface area contributed by atoms with Gasteiger partial charge in [0, 0.05) is 13.6 Å². The second kappa shape index (κ2) is 3.93. The fourth-order valence-corrected chi connectivity index (χ4v) is 1.06. The molecule has 0 aromatic heterocycles. The zero-order chi connectivity index (χ0) is 9.84. The second-order valence-corrected chi connectivity index (χ2v) is 2.65. The molecular formula is C8H12N2O3. The molecule has 0 aromatic carbocycles. The van der Waals surface area contributed by atoms with E-state index in [9.17, 15) is 9.59 Å². The highest BCUT2D eigenvalue weighted by Crippen LogP contribution is 2.10. The molecular weight excluding hydrogens is 172 g/mol. The van der Waals surface area contributed by atoms with Crippen LogP contribution in [-0.2, 0) is 9.53 Å². The van der Waals surface area contributed by atoms with Crippen LogP contribution in [0.4, 0.5) is 4.79 Å². The van der Waals surface area contributed by atoms with Gasteiger partial charge in [-0.25, -0.2) is 4.79 Å². The Balaban J connectivity index is 2.64. The first kappa shape index (κ1) is 9.57. The third-order valence-electron chi connectivity index (χ3n) is 1.79. The molecule has 1 fully saturated rings. The monoisotopic (exact) mass is 184 g/mol. The van der Waals surface area contributed by atoms with E-state index >= 15 is 0 Å². The number of ether oxygens (including phenoxy) is 1. The van der Waals surface area contributed by atoms with Crippen LogP contribution >= 0.6 is 0 Å². The average Bonchev–Trinajstić information content (AvgIpc) is 2.16. The van der Waals surface area contributed by atoms with E-state index in [1.165, 1.54) is 11.9 Å². The first-order chi connectivity index (χ1) is 6.16. The Morgan fingerprint density at radius 2 is 2.38 bits per heavy atom. The van der Waals surface area contributed by atoms with Gasteiger partial charge in [-0.3, -0.25) is 9.69 Å². The van der Waals surface area contributed by atoms with Crippen LogP contribution in [0.1, 0.15) is 6.42 Å². The van der Waals surface area contributed by atoms with Gasteiger partial charge in [-0.2, -0.15) is 0 Å². The summed E-state index contributed by atoms with van der Waals surface area (Å²) in [6, 6.07) is 0. The molecule has 1 rings (SSSR count). The molecule has 1 heterocycles. The molecule has 1 aliphatic heterocycles. The largest absolute Gasteiger partial charge is 0.449 e. The van der Waals surface area contributed by atoms with E-state index in [4.69, 9.17) is 4.74 Å². The number of carbonyl (C=O) groups excluding carboxylic acids is 2. The molecule has 0 atom stereocenters. The summed E-state index contributed by atoms with van der Waals surface area (Å²) in [5.74, 6) is -0.362. The van der Waals surface area contributed by atoms with Gasteiger partial charge in [0.2, 0.25) is 0 Å². The van der Waals surface area contributed by atoms with Gasteiger partial charge in [0.05, 0.1) is 6.61 Å². The van der Waals surface area contributed by atoms with Crippen LogP contribution in [0.3, 0.4) is 0 Å². The minimum Gasteiger partial charge on any atom is -0.449 e. The fourth-order valence-electron chi connectivity index (χ4n) is 1.06. The Hall–Kier alpha value is -1.52. The van der Waals surface area contributed by atoms with Gasteiger partial charge < -0.3 is 10.1 Å². The second-order valence-electron chi connectivity index (χ2n) is 2.65. The predicted molar refractivity (Wildman–Crippen MR) is 45.9 cm³/mol. The van der Waals surface area contributed by atoms with Crippen molar-refractivity contribution in [2.24, 2.45) is 0 Å². The molecule has 0 bridgehead atoms. The molecule has 5 nitrogen and oxygen atoms in total. The number of hydrogen-bond acceptors (Lipinski definition) is 3. The maximum absolute atomic E-state index is 11.1. The Bertz CT molecular complexity index is 250. The summed E-state index contributed by atoms with van der Waals surface area (Å²) in [4.78, 5) is 23.5. The van der Waals surface area contributed by atoms with Crippen LogP contribution in [0.15, 0.2) is 12.3 Å². The van der Waals surface area contributed by atoms with Gasteiger partial charge in [0.25, 0.3) is 5.91 Å². The molecule has 72 valence electrons. The highest BCUT2D eigenvalue weighted by molar-refractivity contribution is 5.95. The summed E-state index contributed by atoms with van der Waals surface area (Å²) in [7, 11) is 1.49. The van der Waals surface area contributed by atoms with E-state index in [1.807, 2.05) is 0 Å². The molecule has 5 heteroatoms. The fraction of sp³-hybridized carbons (Fsp3) is 0.500. The average molecular weight is 184 g/mol. The molecule has 1 saturated heterocycles. The lowest BCUT2D eigenvalue weighted by molar-refractivity contribution is -0.118. The van der Waals surface area contributed by atoms with Crippen LogP contribution < -0.4 is 5.32 Å². The van der Waals surface area contributed by atoms with Crippen molar-refractivity contribution in [3.63, 3.8) is 0 Å². The molecule has 1 N–H and O–H groups in total. The maximum Gasteiger partial charge on any atom is 0.414 e. The number of likely N-dealkylation sites (N-methyl/N-ethyl adjacent to an activating group) is 1. The van der Waals surface area contributed by atoms with E-state index in [2.05, 4.69) is 11.9 Å². The third-order valence-corrected chi connectivity index (χ3v) is 1.79. The molecule has 1 aliphatic rings. The molecule has 0 saturated carbocycles. The number of carbonyl (C=O) groups is 2. The van der Waals surface area contributed by atoms with Crippen molar-refractivity contribution in [1.29, 1.82) is 0 Å². The van der Waals surface area contributed by atoms with E-state index in [1.54, 1.807) is 0 Å². The van der Waals surface area contributed by atoms with Gasteiger partial charge in [-0.1, -0.05) is 6.58 Å². The first-order valence-corrected chi connectivity index (χ1v) is 4.02. The standard InChI is InChI=1S/C8H12N2O3/c1-6(7(11)9-2)10-4-3-5-13-8(10)12/h1,3-5H2,2H3,(H,9,11). The summed E-state index contributed by atoms with van der Waals surface area (Å²) >= 11 is 0. The minimum atomic E-state index is -0.500. The highest BCUT2D eigenvalue weighted by atomic mass is 16.6. The normalized spacial score (nSPS) is 16.4. The Labute approximate surface area is 76.3 Å². The van der Waals surface area contributed by atoms with Crippen molar-refractivity contribution in [3.05, 3.63) is 12.3 Å². The lowest BCUT2D eigenvalue weighted by Crippen LogP contribution is -2.41. The van der Waals surface area contributed by atoms with Crippen LogP contribution in [0.25, 0.3) is 0 Å². The maximum atomic E-state index is 11.1. The molecule has 0 aromatic rings. The number of rotatable bonds is 2. The van der Waals surface area contributed by atoms with E-state index in [0.29, 0.717) is 13.2 Å². The topological polar surface area (TPSA) is 58.6 Å². The lowest BCUT2D eigenvalue weighted by Gasteiger charge is -2.26. The summed E-state index contributed by atoms with van der Waals surface area (Å²) in [6.45, 7) is 4.42. The molecule has 13 heavy (non-hydrogen) atoms. The molecule has 0 radical (unpaired) electrons. The molecule has 0 unspecified atom stereocenters. The zero-order valence-electron chi connectivity index (χ0n) is 7.50. The SMILES string of the molecule is C=C(C(=O)NC)N1CCCOC1=O. The van der Waals surface area contributed by atoms with Crippen LogP contribution in [0.5, 0.6) is 0 Å². The summed E-state index contributed by atoms with van der Waals surface area (Å²) in [5.41, 5.74) is 0.132. The molecule has 0 spiro atoms. The number of nitrogens with one attached hydrogen (secondary N) is 1. The Morgan fingerprint density at radius 3 is 2.92 bits per heavy atom. The summed E-state index contributed by atoms with van der Waals surface area (Å²) in [6.07, 6.45) is 0.224. The van der Waals surface area contributed by atoms with Gasteiger partial charge in [0.15, 0.2) is 0 Å². The predicted octanol–water partition coefficient (Wildman–Crippen LogP) is 0.0884. The van der Waals surface area contributed by atoms with Gasteiger partial charge in [-0.15, -0.1) is 0 Å². The Morgan fingerprint density at radius 1 is 1.69 bits per heavy atom. The third kappa shape index (κ3) is 1.99. The van der Waals surface area contributed by atoms with E-state index < -0.39 is 6.09 Å². The number of cyclic esters (lactones) is 1. The van der Waals surface area contributed by atoms with Crippen LogP contribution in [-0.4, -0.2) is 37.1 Å². The van der Waals surface area contributed by atoms with Crippen molar-refractivity contribution in [1.82, 2.24) is 10.2 Å². The van der Waals surface area contributed by atoms with Gasteiger partial charge in [0.1, 0.15) is 5.70 Å². The smallest absolute Gasteiger partial charge is 0.414 e. The van der Waals surface area contributed by atoms with Crippen molar-refractivity contribution < 1.29 is 14.3 Å². The zero-order valence-corrected chi connectivity index (χ0v) is 7.50. The lowest BCUT2D eigenvalue weighted by atomic mass is 10.3. The van der Waals surface area contributed by atoms with Gasteiger partial charge >= 0.3 is 6.09 Å². The molecule has 2 amide bonds. The van der Waals surface area contributed by atoms with E-state index in [0.717, 1.165) is 6.42 Å². The minimum absolute atomic E-state index is 0.132. The Kier molecular flexibility index (Phi) is 2.89. The van der Waals surface area contributed by atoms with Crippen LogP contribution in [0.2, 0.25) is 0 Å².